The highest BCUT2D eigenvalue weighted by Crippen LogP contribution is 2.23. The summed E-state index contributed by atoms with van der Waals surface area (Å²) >= 11 is 0. The molecule has 0 spiro atoms. The van der Waals surface area contributed by atoms with Gasteiger partial charge in [0.25, 0.3) is 0 Å². The number of carbonyl (C=O) groups excluding carboxylic acids is 1. The number of amides is 2. The molecule has 2 heterocycles. The van der Waals surface area contributed by atoms with E-state index in [0.717, 1.165) is 36.1 Å². The van der Waals surface area contributed by atoms with Gasteiger partial charge in [-0.15, -0.1) is 0 Å². The van der Waals surface area contributed by atoms with Crippen LogP contribution in [0.25, 0.3) is 10.9 Å². The number of fused-ring (bicyclic) bond motifs is 1. The summed E-state index contributed by atoms with van der Waals surface area (Å²) in [6, 6.07) is 7.91. The zero-order valence-electron chi connectivity index (χ0n) is 11.1. The highest BCUT2D eigenvalue weighted by molar-refractivity contribution is 6.00. The smallest absolute Gasteiger partial charge is 0.321 e. The molecule has 3 rings (SSSR count). The van der Waals surface area contributed by atoms with Crippen molar-refractivity contribution in [2.45, 2.75) is 19.8 Å². The Kier molecular flexibility index (Phi) is 3.15. The molecule has 0 aliphatic carbocycles. The van der Waals surface area contributed by atoms with Crippen molar-refractivity contribution in [3.63, 3.8) is 0 Å². The van der Waals surface area contributed by atoms with Crippen LogP contribution in [0.1, 0.15) is 19.8 Å². The van der Waals surface area contributed by atoms with E-state index in [0.29, 0.717) is 5.92 Å². The Morgan fingerprint density at radius 1 is 1.42 bits per heavy atom. The lowest BCUT2D eigenvalue weighted by atomic mass is 10.0. The first kappa shape index (κ1) is 12.1. The molecule has 4 heteroatoms. The second-order valence-corrected chi connectivity index (χ2v) is 5.37. The van der Waals surface area contributed by atoms with Crippen LogP contribution in [-0.4, -0.2) is 29.0 Å². The molecular weight excluding hydrogens is 238 g/mol. The second-order valence-electron chi connectivity index (χ2n) is 5.37. The highest BCUT2D eigenvalue weighted by Gasteiger charge is 2.21. The van der Waals surface area contributed by atoms with Crippen molar-refractivity contribution in [1.29, 1.82) is 0 Å². The number of H-pyrrole nitrogens is 1. The van der Waals surface area contributed by atoms with Crippen molar-refractivity contribution in [2.24, 2.45) is 5.92 Å². The summed E-state index contributed by atoms with van der Waals surface area (Å²) in [6.45, 7) is 3.92. The molecule has 0 radical (unpaired) electrons. The van der Waals surface area contributed by atoms with Gasteiger partial charge in [0.1, 0.15) is 0 Å². The van der Waals surface area contributed by atoms with Gasteiger partial charge in [-0.05, 0) is 37.0 Å². The fourth-order valence-electron chi connectivity index (χ4n) is 2.76. The number of hydrogen-bond donors (Lipinski definition) is 2. The van der Waals surface area contributed by atoms with Crippen LogP contribution in [0.4, 0.5) is 10.5 Å². The molecule has 2 N–H and O–H groups in total. The van der Waals surface area contributed by atoms with Crippen LogP contribution in [-0.2, 0) is 0 Å². The van der Waals surface area contributed by atoms with E-state index in [1.165, 1.54) is 6.42 Å². The predicted octanol–water partition coefficient (Wildman–Crippen LogP) is 3.43. The summed E-state index contributed by atoms with van der Waals surface area (Å²) < 4.78 is 0. The largest absolute Gasteiger partial charge is 0.361 e. The SMILES string of the molecule is C[C@H]1CCCN(C(=O)Nc2cccc3[nH]ccc23)C1. The van der Waals surface area contributed by atoms with Gasteiger partial charge in [-0.2, -0.15) is 0 Å². The summed E-state index contributed by atoms with van der Waals surface area (Å²) in [5.41, 5.74) is 1.92. The number of carbonyl (C=O) groups is 1. The number of aromatic amines is 1. The third-order valence-corrected chi connectivity index (χ3v) is 3.78. The van der Waals surface area contributed by atoms with Gasteiger partial charge in [0.2, 0.25) is 0 Å². The van der Waals surface area contributed by atoms with Crippen molar-refractivity contribution < 1.29 is 4.79 Å². The number of anilines is 1. The molecule has 1 aromatic carbocycles. The normalized spacial score (nSPS) is 19.6. The molecule has 1 fully saturated rings. The quantitative estimate of drug-likeness (QED) is 0.807. The summed E-state index contributed by atoms with van der Waals surface area (Å²) in [4.78, 5) is 17.4. The molecule has 2 amide bonds. The van der Waals surface area contributed by atoms with Crippen LogP contribution in [0.5, 0.6) is 0 Å². The molecule has 19 heavy (non-hydrogen) atoms. The zero-order valence-corrected chi connectivity index (χ0v) is 11.1. The number of aromatic nitrogens is 1. The number of rotatable bonds is 1. The number of nitrogens with one attached hydrogen (secondary N) is 2. The van der Waals surface area contributed by atoms with Gasteiger partial charge >= 0.3 is 6.03 Å². The number of piperidine rings is 1. The fourth-order valence-corrected chi connectivity index (χ4v) is 2.76. The minimum Gasteiger partial charge on any atom is -0.361 e. The molecule has 2 aromatic rings. The van der Waals surface area contributed by atoms with E-state index in [-0.39, 0.29) is 6.03 Å². The second kappa shape index (κ2) is 4.96. The number of hydrogen-bond acceptors (Lipinski definition) is 1. The lowest BCUT2D eigenvalue weighted by Crippen LogP contribution is -2.41. The summed E-state index contributed by atoms with van der Waals surface area (Å²) in [7, 11) is 0. The highest BCUT2D eigenvalue weighted by atomic mass is 16.2. The molecule has 100 valence electrons. The van der Waals surface area contributed by atoms with Gasteiger partial charge in [-0.3, -0.25) is 0 Å². The summed E-state index contributed by atoms with van der Waals surface area (Å²) in [5.74, 6) is 0.600. The van der Waals surface area contributed by atoms with E-state index in [9.17, 15) is 4.79 Å². The van der Waals surface area contributed by atoms with Gasteiger partial charge in [-0.25, -0.2) is 4.79 Å². The Morgan fingerprint density at radius 2 is 2.32 bits per heavy atom. The minimum absolute atomic E-state index is 0.0141. The van der Waals surface area contributed by atoms with E-state index in [1.807, 2.05) is 35.4 Å². The van der Waals surface area contributed by atoms with Gasteiger partial charge < -0.3 is 15.2 Å². The van der Waals surface area contributed by atoms with E-state index in [2.05, 4.69) is 17.2 Å². The Morgan fingerprint density at radius 3 is 3.16 bits per heavy atom. The topological polar surface area (TPSA) is 48.1 Å². The van der Waals surface area contributed by atoms with E-state index >= 15 is 0 Å². The lowest BCUT2D eigenvalue weighted by molar-refractivity contribution is 0.182. The number of likely N-dealkylation sites (tertiary alicyclic amines) is 1. The molecule has 0 saturated carbocycles. The van der Waals surface area contributed by atoms with Crippen LogP contribution in [0.3, 0.4) is 0 Å². The Bertz CT molecular complexity index is 590. The van der Waals surface area contributed by atoms with Crippen LogP contribution in [0.2, 0.25) is 0 Å². The molecule has 4 nitrogen and oxygen atoms in total. The van der Waals surface area contributed by atoms with Crippen molar-refractivity contribution >= 4 is 22.6 Å². The van der Waals surface area contributed by atoms with Gasteiger partial charge in [0.05, 0.1) is 5.69 Å². The molecule has 1 atom stereocenters. The standard InChI is InChI=1S/C15H19N3O/c1-11-4-3-9-18(10-11)15(19)17-14-6-2-5-13-12(14)7-8-16-13/h2,5-8,11,16H,3-4,9-10H2,1H3,(H,17,19)/t11-/m0/s1. The van der Waals surface area contributed by atoms with E-state index < -0.39 is 0 Å². The Hall–Kier alpha value is -1.97. The Balaban J connectivity index is 1.77. The van der Waals surface area contributed by atoms with E-state index in [4.69, 9.17) is 0 Å². The first-order valence-corrected chi connectivity index (χ1v) is 6.86. The summed E-state index contributed by atoms with van der Waals surface area (Å²) in [5, 5.41) is 4.08. The van der Waals surface area contributed by atoms with Crippen LogP contribution < -0.4 is 5.32 Å². The lowest BCUT2D eigenvalue weighted by Gasteiger charge is -2.31. The molecule has 1 aromatic heterocycles. The summed E-state index contributed by atoms with van der Waals surface area (Å²) in [6.07, 6.45) is 4.21. The maximum atomic E-state index is 12.3. The maximum absolute atomic E-state index is 12.3. The van der Waals surface area contributed by atoms with Crippen molar-refractivity contribution in [3.8, 4) is 0 Å². The Labute approximate surface area is 112 Å². The molecule has 1 saturated heterocycles. The number of benzene rings is 1. The van der Waals surface area contributed by atoms with Crippen molar-refractivity contribution in [1.82, 2.24) is 9.88 Å². The number of nitrogens with zero attached hydrogens (tertiary/aromatic N) is 1. The molecular formula is C15H19N3O. The first-order chi connectivity index (χ1) is 9.24. The van der Waals surface area contributed by atoms with Gasteiger partial charge in [0.15, 0.2) is 0 Å². The molecule has 0 bridgehead atoms. The van der Waals surface area contributed by atoms with Crippen molar-refractivity contribution in [2.75, 3.05) is 18.4 Å². The minimum atomic E-state index is 0.0141. The van der Waals surface area contributed by atoms with Crippen LogP contribution in [0, 0.1) is 5.92 Å². The monoisotopic (exact) mass is 257 g/mol. The van der Waals surface area contributed by atoms with E-state index in [1.54, 1.807) is 0 Å². The van der Waals surface area contributed by atoms with Crippen LogP contribution >= 0.6 is 0 Å². The molecule has 0 unspecified atom stereocenters. The fraction of sp³-hybridized carbons (Fsp3) is 0.400. The third kappa shape index (κ3) is 2.43. The third-order valence-electron chi connectivity index (χ3n) is 3.78. The van der Waals surface area contributed by atoms with Gasteiger partial charge in [-0.1, -0.05) is 13.0 Å². The van der Waals surface area contributed by atoms with Crippen LogP contribution in [0.15, 0.2) is 30.5 Å². The predicted molar refractivity (Wildman–Crippen MR) is 77.3 cm³/mol. The average molecular weight is 257 g/mol. The van der Waals surface area contributed by atoms with Gasteiger partial charge in [0, 0.05) is 30.2 Å². The zero-order chi connectivity index (χ0) is 13.2. The molecule has 1 aliphatic rings. The first-order valence-electron chi connectivity index (χ1n) is 6.86. The van der Waals surface area contributed by atoms with Crippen molar-refractivity contribution in [3.05, 3.63) is 30.5 Å². The molecule has 1 aliphatic heterocycles. The average Bonchev–Trinajstić information content (AvgIpc) is 2.88. The maximum Gasteiger partial charge on any atom is 0.321 e. The number of urea groups is 1.